The molecule has 0 bridgehead atoms. The van der Waals surface area contributed by atoms with Crippen molar-refractivity contribution in [2.75, 3.05) is 31.6 Å². The molecular weight excluding hydrogens is 434 g/mol. The molecule has 2 amide bonds. The monoisotopic (exact) mass is 461 g/mol. The Labute approximate surface area is 187 Å². The lowest BCUT2D eigenvalue weighted by atomic mass is 10.1. The first-order valence-electron chi connectivity index (χ1n) is 10.8. The minimum Gasteiger partial charge on any atom is -0.492 e. The second-order valence-corrected chi connectivity index (χ2v) is 9.86. The van der Waals surface area contributed by atoms with E-state index in [0.29, 0.717) is 37.7 Å². The van der Waals surface area contributed by atoms with Crippen LogP contribution in [0.5, 0.6) is 5.75 Å². The topological polar surface area (TPSA) is 109 Å². The third-order valence-corrected chi connectivity index (χ3v) is 7.63. The van der Waals surface area contributed by atoms with E-state index < -0.39 is 15.9 Å². The standard InChI is InChI=1S/C22H27N3O6S/c1-2-30-19-8-7-17(13-20(19)32(28,29)25-9-3-4-10-25)23-22(27)16-12-21(26)24(14-16)15-18-6-5-11-31-18/h5-8,11,13,16H,2-4,9-10,12,14-15H2,1H3,(H,23,27). The molecule has 1 aromatic carbocycles. The fourth-order valence-corrected chi connectivity index (χ4v) is 5.74. The van der Waals surface area contributed by atoms with Crippen LogP contribution in [0.4, 0.5) is 5.69 Å². The van der Waals surface area contributed by atoms with Gasteiger partial charge in [0.25, 0.3) is 0 Å². The molecule has 2 aliphatic rings. The van der Waals surface area contributed by atoms with Gasteiger partial charge in [-0.1, -0.05) is 0 Å². The van der Waals surface area contributed by atoms with E-state index in [4.69, 9.17) is 9.15 Å². The van der Waals surface area contributed by atoms with Crippen LogP contribution in [-0.4, -0.2) is 55.7 Å². The van der Waals surface area contributed by atoms with Gasteiger partial charge in [0, 0.05) is 31.7 Å². The summed E-state index contributed by atoms with van der Waals surface area (Å²) in [6, 6.07) is 8.14. The maximum atomic E-state index is 13.1. The largest absolute Gasteiger partial charge is 0.492 e. The molecule has 1 unspecified atom stereocenters. The van der Waals surface area contributed by atoms with Gasteiger partial charge < -0.3 is 19.4 Å². The summed E-state index contributed by atoms with van der Waals surface area (Å²) >= 11 is 0. The minimum absolute atomic E-state index is 0.0426. The highest BCUT2D eigenvalue weighted by atomic mass is 32.2. The Hall–Kier alpha value is -2.85. The summed E-state index contributed by atoms with van der Waals surface area (Å²) in [5, 5.41) is 2.78. The van der Waals surface area contributed by atoms with Crippen LogP contribution in [0.25, 0.3) is 0 Å². The van der Waals surface area contributed by atoms with Gasteiger partial charge in [0.1, 0.15) is 16.4 Å². The predicted molar refractivity (Wildman–Crippen MR) is 116 cm³/mol. The van der Waals surface area contributed by atoms with E-state index in [0.717, 1.165) is 12.8 Å². The van der Waals surface area contributed by atoms with Gasteiger partial charge in [0.05, 0.1) is 25.3 Å². The number of carbonyl (C=O) groups is 2. The molecule has 1 N–H and O–H groups in total. The van der Waals surface area contributed by atoms with E-state index in [1.165, 1.54) is 10.4 Å². The molecule has 9 nitrogen and oxygen atoms in total. The van der Waals surface area contributed by atoms with Crippen LogP contribution in [0.2, 0.25) is 0 Å². The van der Waals surface area contributed by atoms with Crippen molar-refractivity contribution < 1.29 is 27.2 Å². The van der Waals surface area contributed by atoms with Gasteiger partial charge in [-0.3, -0.25) is 9.59 Å². The molecule has 172 valence electrons. The number of furan rings is 1. The van der Waals surface area contributed by atoms with E-state index in [9.17, 15) is 18.0 Å². The van der Waals surface area contributed by atoms with E-state index in [-0.39, 0.29) is 35.4 Å². The minimum atomic E-state index is -3.73. The normalized spacial score (nSPS) is 19.5. The van der Waals surface area contributed by atoms with E-state index >= 15 is 0 Å². The number of carbonyl (C=O) groups excluding carboxylic acids is 2. The second kappa shape index (κ2) is 9.33. The van der Waals surface area contributed by atoms with Crippen molar-refractivity contribution in [1.29, 1.82) is 0 Å². The van der Waals surface area contributed by atoms with Crippen molar-refractivity contribution in [2.24, 2.45) is 5.92 Å². The molecule has 2 fully saturated rings. The van der Waals surface area contributed by atoms with Crippen molar-refractivity contribution in [1.82, 2.24) is 9.21 Å². The zero-order valence-corrected chi connectivity index (χ0v) is 18.8. The van der Waals surface area contributed by atoms with Gasteiger partial charge in [-0.05, 0) is 50.1 Å². The Morgan fingerprint density at radius 1 is 1.25 bits per heavy atom. The van der Waals surface area contributed by atoms with Crippen molar-refractivity contribution in [2.45, 2.75) is 37.6 Å². The average molecular weight is 462 g/mol. The Morgan fingerprint density at radius 2 is 2.03 bits per heavy atom. The number of ether oxygens (including phenoxy) is 1. The summed E-state index contributed by atoms with van der Waals surface area (Å²) in [4.78, 5) is 26.8. The molecule has 4 rings (SSSR count). The summed E-state index contributed by atoms with van der Waals surface area (Å²) in [6.45, 7) is 3.65. The molecule has 0 saturated carbocycles. The number of hydrogen-bond acceptors (Lipinski definition) is 6. The Morgan fingerprint density at radius 3 is 2.72 bits per heavy atom. The average Bonchev–Trinajstić information content (AvgIpc) is 3.53. The quantitative estimate of drug-likeness (QED) is 0.647. The molecule has 0 radical (unpaired) electrons. The van der Waals surface area contributed by atoms with E-state index in [2.05, 4.69) is 5.32 Å². The summed E-state index contributed by atoms with van der Waals surface area (Å²) in [5.74, 6) is -0.0528. The van der Waals surface area contributed by atoms with Crippen molar-refractivity contribution in [3.63, 3.8) is 0 Å². The zero-order chi connectivity index (χ0) is 22.7. The zero-order valence-electron chi connectivity index (χ0n) is 18.0. The highest BCUT2D eigenvalue weighted by molar-refractivity contribution is 7.89. The second-order valence-electron chi connectivity index (χ2n) is 7.95. The molecule has 0 spiro atoms. The number of benzene rings is 1. The van der Waals surface area contributed by atoms with E-state index in [1.54, 1.807) is 42.4 Å². The number of anilines is 1. The third-order valence-electron chi connectivity index (χ3n) is 5.71. The van der Waals surface area contributed by atoms with Crippen LogP contribution in [0.1, 0.15) is 31.9 Å². The summed E-state index contributed by atoms with van der Waals surface area (Å²) in [5.41, 5.74) is 0.355. The molecule has 2 aromatic rings. The maximum absolute atomic E-state index is 13.1. The lowest BCUT2D eigenvalue weighted by molar-refractivity contribution is -0.128. The summed E-state index contributed by atoms with van der Waals surface area (Å²) in [6.07, 6.45) is 3.29. The predicted octanol–water partition coefficient (Wildman–Crippen LogP) is 2.45. The van der Waals surface area contributed by atoms with Gasteiger partial charge >= 0.3 is 0 Å². The number of likely N-dealkylation sites (tertiary alicyclic amines) is 1. The van der Waals surface area contributed by atoms with Gasteiger partial charge in [-0.2, -0.15) is 4.31 Å². The molecular formula is C22H27N3O6S. The molecule has 2 saturated heterocycles. The van der Waals surface area contributed by atoms with Crippen molar-refractivity contribution in [3.05, 3.63) is 42.4 Å². The fraction of sp³-hybridized carbons (Fsp3) is 0.455. The van der Waals surface area contributed by atoms with Crippen LogP contribution < -0.4 is 10.1 Å². The first-order chi connectivity index (χ1) is 15.4. The van der Waals surface area contributed by atoms with Crippen LogP contribution in [0, 0.1) is 5.92 Å². The number of rotatable bonds is 8. The lowest BCUT2D eigenvalue weighted by Crippen LogP contribution is -2.29. The number of nitrogens with one attached hydrogen (secondary N) is 1. The molecule has 1 aromatic heterocycles. The summed E-state index contributed by atoms with van der Waals surface area (Å²) < 4.78 is 38.5. The first kappa shape index (κ1) is 22.3. The molecule has 32 heavy (non-hydrogen) atoms. The van der Waals surface area contributed by atoms with Gasteiger partial charge in [0.15, 0.2) is 0 Å². The van der Waals surface area contributed by atoms with Crippen molar-refractivity contribution in [3.8, 4) is 5.75 Å². The molecule has 0 aliphatic carbocycles. The Kier molecular flexibility index (Phi) is 6.52. The van der Waals surface area contributed by atoms with E-state index in [1.807, 2.05) is 0 Å². The van der Waals surface area contributed by atoms with Crippen LogP contribution in [-0.2, 0) is 26.2 Å². The number of nitrogens with zero attached hydrogens (tertiary/aromatic N) is 2. The Bertz CT molecular complexity index is 1080. The number of amides is 2. The van der Waals surface area contributed by atoms with Crippen LogP contribution >= 0.6 is 0 Å². The molecule has 2 aliphatic heterocycles. The number of hydrogen-bond donors (Lipinski definition) is 1. The lowest BCUT2D eigenvalue weighted by Gasteiger charge is -2.19. The fourth-order valence-electron chi connectivity index (χ4n) is 4.07. The van der Waals surface area contributed by atoms with Gasteiger partial charge in [-0.25, -0.2) is 8.42 Å². The van der Waals surface area contributed by atoms with Crippen molar-refractivity contribution >= 4 is 27.5 Å². The highest BCUT2D eigenvalue weighted by Crippen LogP contribution is 2.32. The summed E-state index contributed by atoms with van der Waals surface area (Å²) in [7, 11) is -3.73. The van der Waals surface area contributed by atoms with Crippen LogP contribution in [0.15, 0.2) is 45.9 Å². The SMILES string of the molecule is CCOc1ccc(NC(=O)C2CC(=O)N(Cc3ccco3)C2)cc1S(=O)(=O)N1CCCC1. The Balaban J connectivity index is 1.49. The molecule has 1 atom stereocenters. The molecule has 10 heteroatoms. The molecule has 3 heterocycles. The third kappa shape index (κ3) is 4.66. The first-order valence-corrected chi connectivity index (χ1v) is 12.2. The smallest absolute Gasteiger partial charge is 0.246 e. The maximum Gasteiger partial charge on any atom is 0.246 e. The number of sulfonamides is 1. The van der Waals surface area contributed by atoms with Crippen LogP contribution in [0.3, 0.4) is 0 Å². The van der Waals surface area contributed by atoms with Gasteiger partial charge in [-0.15, -0.1) is 0 Å². The van der Waals surface area contributed by atoms with Gasteiger partial charge in [0.2, 0.25) is 21.8 Å². The highest BCUT2D eigenvalue weighted by Gasteiger charge is 2.35.